The van der Waals surface area contributed by atoms with Gasteiger partial charge in [-0.1, -0.05) is 12.1 Å². The van der Waals surface area contributed by atoms with Crippen molar-refractivity contribution in [2.24, 2.45) is 5.73 Å². The molecule has 1 aromatic rings. The Labute approximate surface area is 105 Å². The zero-order chi connectivity index (χ0) is 13.7. The van der Waals surface area contributed by atoms with Crippen LogP contribution in [0.4, 0.5) is 0 Å². The van der Waals surface area contributed by atoms with Gasteiger partial charge in [-0.05, 0) is 17.7 Å². The number of carbonyl (C=O) groups excluding carboxylic acids is 1. The van der Waals surface area contributed by atoms with Crippen LogP contribution in [-0.4, -0.2) is 42.1 Å². The van der Waals surface area contributed by atoms with Crippen LogP contribution in [0.25, 0.3) is 0 Å². The van der Waals surface area contributed by atoms with E-state index in [2.05, 4.69) is 0 Å². The Morgan fingerprint density at radius 3 is 2.39 bits per heavy atom. The van der Waals surface area contributed by atoms with Crippen molar-refractivity contribution in [3.63, 3.8) is 0 Å². The van der Waals surface area contributed by atoms with E-state index >= 15 is 0 Å². The van der Waals surface area contributed by atoms with Gasteiger partial charge in [-0.3, -0.25) is 4.79 Å². The molecule has 0 spiro atoms. The van der Waals surface area contributed by atoms with Gasteiger partial charge < -0.3 is 20.5 Å². The highest BCUT2D eigenvalue weighted by Gasteiger charge is 2.24. The molecule has 1 unspecified atom stereocenters. The van der Waals surface area contributed by atoms with Gasteiger partial charge in [0.05, 0.1) is 7.11 Å². The zero-order valence-electron chi connectivity index (χ0n) is 10.3. The van der Waals surface area contributed by atoms with Crippen LogP contribution >= 0.6 is 0 Å². The number of nitrogens with two attached hydrogens (primary N) is 1. The Morgan fingerprint density at radius 2 is 1.94 bits per heavy atom. The van der Waals surface area contributed by atoms with E-state index in [1.54, 1.807) is 31.4 Å². The molecule has 0 aliphatic heterocycles. The minimum Gasteiger partial charge on any atom is -0.497 e. The lowest BCUT2D eigenvalue weighted by Gasteiger charge is -2.19. The quantitative estimate of drug-likeness (QED) is 0.723. The Kier molecular flexibility index (Phi) is 4.67. The van der Waals surface area contributed by atoms with Crippen molar-refractivity contribution in [3.8, 4) is 5.75 Å². The van der Waals surface area contributed by atoms with Crippen LogP contribution in [0, 0.1) is 0 Å². The largest absolute Gasteiger partial charge is 0.497 e. The van der Waals surface area contributed by atoms with Crippen LogP contribution in [-0.2, 0) is 16.1 Å². The molecule has 0 heterocycles. The summed E-state index contributed by atoms with van der Waals surface area (Å²) in [5.41, 5.74) is 6.11. The van der Waals surface area contributed by atoms with Gasteiger partial charge in [0.1, 0.15) is 5.75 Å². The van der Waals surface area contributed by atoms with Crippen molar-refractivity contribution in [2.75, 3.05) is 14.2 Å². The van der Waals surface area contributed by atoms with Crippen molar-refractivity contribution >= 4 is 11.9 Å². The van der Waals surface area contributed by atoms with E-state index in [1.165, 1.54) is 11.9 Å². The summed E-state index contributed by atoms with van der Waals surface area (Å²) in [7, 11) is 3.08. The number of methoxy groups -OCH3 is 1. The van der Waals surface area contributed by atoms with Crippen LogP contribution in [0.5, 0.6) is 5.75 Å². The Morgan fingerprint density at radius 1 is 1.39 bits per heavy atom. The lowest BCUT2D eigenvalue weighted by molar-refractivity contribution is -0.146. The normalized spacial score (nSPS) is 11.7. The van der Waals surface area contributed by atoms with Gasteiger partial charge >= 0.3 is 5.97 Å². The third kappa shape index (κ3) is 3.46. The number of nitrogens with zero attached hydrogens (tertiary/aromatic N) is 1. The monoisotopic (exact) mass is 252 g/mol. The maximum absolute atomic E-state index is 11.6. The fourth-order valence-corrected chi connectivity index (χ4v) is 1.43. The average molecular weight is 252 g/mol. The number of carbonyl (C=O) groups is 2. The predicted molar refractivity (Wildman–Crippen MR) is 65.1 cm³/mol. The van der Waals surface area contributed by atoms with Crippen molar-refractivity contribution < 1.29 is 19.4 Å². The average Bonchev–Trinajstić information content (AvgIpc) is 2.37. The standard InChI is InChI=1S/C12H16N2O4/c1-14(11(15)10(13)12(16)17)7-8-3-5-9(18-2)6-4-8/h3-6,10H,7,13H2,1-2H3,(H,16,17). The number of hydrogen-bond acceptors (Lipinski definition) is 4. The first-order valence-corrected chi connectivity index (χ1v) is 5.32. The van der Waals surface area contributed by atoms with Gasteiger partial charge in [0.15, 0.2) is 6.04 Å². The molecule has 18 heavy (non-hydrogen) atoms. The van der Waals surface area contributed by atoms with Crippen LogP contribution < -0.4 is 10.5 Å². The minimum absolute atomic E-state index is 0.295. The molecule has 0 saturated carbocycles. The second-order valence-corrected chi connectivity index (χ2v) is 3.86. The first-order valence-electron chi connectivity index (χ1n) is 5.32. The number of carboxylic acids is 1. The summed E-state index contributed by atoms with van der Waals surface area (Å²) in [6, 6.07) is 5.62. The third-order valence-electron chi connectivity index (χ3n) is 2.49. The molecule has 0 aromatic heterocycles. The molecule has 1 atom stereocenters. The molecular formula is C12H16N2O4. The summed E-state index contributed by atoms with van der Waals surface area (Å²) in [5.74, 6) is -1.24. The topological polar surface area (TPSA) is 92.9 Å². The molecule has 1 amide bonds. The van der Waals surface area contributed by atoms with Crippen molar-refractivity contribution in [1.82, 2.24) is 4.90 Å². The summed E-state index contributed by atoms with van der Waals surface area (Å²) in [6.45, 7) is 0.295. The molecule has 0 saturated heterocycles. The number of hydrogen-bond donors (Lipinski definition) is 2. The Balaban J connectivity index is 2.66. The van der Waals surface area contributed by atoms with E-state index in [-0.39, 0.29) is 0 Å². The highest BCUT2D eigenvalue weighted by molar-refractivity contribution is 6.00. The number of rotatable bonds is 5. The lowest BCUT2D eigenvalue weighted by atomic mass is 10.2. The predicted octanol–water partition coefficient (Wildman–Crippen LogP) is 0.0655. The van der Waals surface area contributed by atoms with E-state index in [1.807, 2.05) is 0 Å². The number of aliphatic carboxylic acids is 1. The number of likely N-dealkylation sites (N-methyl/N-ethyl adjacent to an activating group) is 1. The van der Waals surface area contributed by atoms with Crippen LogP contribution in [0.1, 0.15) is 5.56 Å². The first-order chi connectivity index (χ1) is 8.45. The summed E-state index contributed by atoms with van der Waals surface area (Å²) < 4.78 is 5.01. The van der Waals surface area contributed by atoms with Gasteiger partial charge in [0.2, 0.25) is 0 Å². The van der Waals surface area contributed by atoms with Gasteiger partial charge in [-0.2, -0.15) is 0 Å². The number of carboxylic acid groups (broad SMARTS) is 1. The van der Waals surface area contributed by atoms with Gasteiger partial charge in [0, 0.05) is 13.6 Å². The van der Waals surface area contributed by atoms with Gasteiger partial charge in [-0.25, -0.2) is 4.79 Å². The highest BCUT2D eigenvalue weighted by atomic mass is 16.5. The third-order valence-corrected chi connectivity index (χ3v) is 2.49. The second kappa shape index (κ2) is 6.02. The minimum atomic E-state index is -1.52. The second-order valence-electron chi connectivity index (χ2n) is 3.86. The Hall–Kier alpha value is -2.08. The van der Waals surface area contributed by atoms with E-state index in [0.717, 1.165) is 11.3 Å². The van der Waals surface area contributed by atoms with Gasteiger partial charge in [-0.15, -0.1) is 0 Å². The molecule has 1 aromatic carbocycles. The van der Waals surface area contributed by atoms with E-state index in [4.69, 9.17) is 15.6 Å². The van der Waals surface area contributed by atoms with Crippen molar-refractivity contribution in [1.29, 1.82) is 0 Å². The molecule has 98 valence electrons. The molecule has 0 radical (unpaired) electrons. The summed E-state index contributed by atoms with van der Waals surface area (Å²) in [6.07, 6.45) is 0. The molecular weight excluding hydrogens is 236 g/mol. The molecule has 0 bridgehead atoms. The zero-order valence-corrected chi connectivity index (χ0v) is 10.3. The molecule has 3 N–H and O–H groups in total. The molecule has 6 heteroatoms. The van der Waals surface area contributed by atoms with Gasteiger partial charge in [0.25, 0.3) is 5.91 Å². The van der Waals surface area contributed by atoms with Crippen LogP contribution in [0.15, 0.2) is 24.3 Å². The van der Waals surface area contributed by atoms with E-state index < -0.39 is 17.9 Å². The smallest absolute Gasteiger partial charge is 0.330 e. The fourth-order valence-electron chi connectivity index (χ4n) is 1.43. The molecule has 0 aliphatic rings. The van der Waals surface area contributed by atoms with E-state index in [9.17, 15) is 9.59 Å². The maximum Gasteiger partial charge on any atom is 0.330 e. The summed E-state index contributed by atoms with van der Waals surface area (Å²) in [5, 5.41) is 8.65. The van der Waals surface area contributed by atoms with Crippen molar-refractivity contribution in [3.05, 3.63) is 29.8 Å². The van der Waals surface area contributed by atoms with Crippen LogP contribution in [0.2, 0.25) is 0 Å². The summed E-state index contributed by atoms with van der Waals surface area (Å²) >= 11 is 0. The Bertz CT molecular complexity index is 430. The fraction of sp³-hybridized carbons (Fsp3) is 0.333. The molecule has 6 nitrogen and oxygen atoms in total. The van der Waals surface area contributed by atoms with Crippen LogP contribution in [0.3, 0.4) is 0 Å². The lowest BCUT2D eigenvalue weighted by Crippen LogP contribution is -2.46. The van der Waals surface area contributed by atoms with Crippen molar-refractivity contribution in [2.45, 2.75) is 12.6 Å². The number of benzene rings is 1. The molecule has 0 fully saturated rings. The van der Waals surface area contributed by atoms with E-state index in [0.29, 0.717) is 6.54 Å². The summed E-state index contributed by atoms with van der Waals surface area (Å²) in [4.78, 5) is 23.5. The maximum atomic E-state index is 11.6. The first kappa shape index (κ1) is 14.0. The SMILES string of the molecule is COc1ccc(CN(C)C(=O)C(N)C(=O)O)cc1. The molecule has 0 aliphatic carbocycles. The number of ether oxygens (including phenoxy) is 1. The highest BCUT2D eigenvalue weighted by Crippen LogP contribution is 2.12. The molecule has 1 rings (SSSR count). The number of amides is 1.